The topological polar surface area (TPSA) is 109 Å². The standard InChI is InChI=1S/C13H20N4O3/c1-3-4-11(12(14)17-19)16-13(18)15-9-5-7-10(20-2)8-6-9/h5-8,11,19H,3-4H2,1-2H3,(H2,14,17)(H2,15,16,18). The maximum absolute atomic E-state index is 11.8. The molecule has 0 aromatic heterocycles. The fourth-order valence-corrected chi connectivity index (χ4v) is 1.65. The summed E-state index contributed by atoms with van der Waals surface area (Å²) in [7, 11) is 1.57. The third-order valence-corrected chi connectivity index (χ3v) is 2.70. The molecule has 5 N–H and O–H groups in total. The first-order valence-electron chi connectivity index (χ1n) is 6.29. The van der Waals surface area contributed by atoms with Crippen LogP contribution < -0.4 is 21.1 Å². The summed E-state index contributed by atoms with van der Waals surface area (Å²) < 4.78 is 5.03. The van der Waals surface area contributed by atoms with Gasteiger partial charge in [0, 0.05) is 5.69 Å². The summed E-state index contributed by atoms with van der Waals surface area (Å²) in [4.78, 5) is 11.8. The number of benzene rings is 1. The first-order valence-corrected chi connectivity index (χ1v) is 6.29. The average Bonchev–Trinajstić information content (AvgIpc) is 2.46. The van der Waals surface area contributed by atoms with Crippen LogP contribution in [0, 0.1) is 0 Å². The number of urea groups is 1. The molecule has 1 aromatic rings. The van der Waals surface area contributed by atoms with Crippen molar-refractivity contribution in [1.82, 2.24) is 5.32 Å². The molecule has 1 unspecified atom stereocenters. The molecule has 0 radical (unpaired) electrons. The molecule has 110 valence electrons. The molecule has 1 atom stereocenters. The normalized spacial score (nSPS) is 12.6. The smallest absolute Gasteiger partial charge is 0.319 e. The van der Waals surface area contributed by atoms with Crippen molar-refractivity contribution in [3.63, 3.8) is 0 Å². The molecular weight excluding hydrogens is 260 g/mol. The number of amides is 2. The van der Waals surface area contributed by atoms with E-state index in [1.807, 2.05) is 6.92 Å². The zero-order valence-corrected chi connectivity index (χ0v) is 11.6. The van der Waals surface area contributed by atoms with Gasteiger partial charge in [-0.2, -0.15) is 0 Å². The van der Waals surface area contributed by atoms with Crippen molar-refractivity contribution in [2.45, 2.75) is 25.8 Å². The molecule has 20 heavy (non-hydrogen) atoms. The first-order chi connectivity index (χ1) is 9.60. The minimum atomic E-state index is -0.497. The Bertz CT molecular complexity index is 459. The van der Waals surface area contributed by atoms with Gasteiger partial charge in [-0.3, -0.25) is 0 Å². The van der Waals surface area contributed by atoms with Crippen molar-refractivity contribution in [3.8, 4) is 5.75 Å². The molecule has 0 aliphatic rings. The van der Waals surface area contributed by atoms with Gasteiger partial charge < -0.3 is 26.3 Å². The number of carbonyl (C=O) groups excluding carboxylic acids is 1. The van der Waals surface area contributed by atoms with Crippen molar-refractivity contribution in [1.29, 1.82) is 0 Å². The number of methoxy groups -OCH3 is 1. The maximum atomic E-state index is 11.8. The van der Waals surface area contributed by atoms with Gasteiger partial charge in [-0.25, -0.2) is 4.79 Å². The van der Waals surface area contributed by atoms with Gasteiger partial charge in [0.25, 0.3) is 0 Å². The van der Waals surface area contributed by atoms with Crippen LogP contribution in [0.4, 0.5) is 10.5 Å². The zero-order valence-electron chi connectivity index (χ0n) is 11.6. The van der Waals surface area contributed by atoms with Crippen LogP contribution in [0.1, 0.15) is 19.8 Å². The Hall–Kier alpha value is -2.44. The van der Waals surface area contributed by atoms with Crippen molar-refractivity contribution in [3.05, 3.63) is 24.3 Å². The van der Waals surface area contributed by atoms with Crippen LogP contribution >= 0.6 is 0 Å². The third-order valence-electron chi connectivity index (χ3n) is 2.70. The minimum Gasteiger partial charge on any atom is -0.497 e. The number of hydrogen-bond acceptors (Lipinski definition) is 4. The molecule has 0 spiro atoms. The van der Waals surface area contributed by atoms with Crippen LogP contribution in [0.3, 0.4) is 0 Å². The average molecular weight is 280 g/mol. The Kier molecular flexibility index (Phi) is 6.15. The minimum absolute atomic E-state index is 0.0169. The van der Waals surface area contributed by atoms with Gasteiger partial charge >= 0.3 is 6.03 Å². The molecule has 0 saturated carbocycles. The summed E-state index contributed by atoms with van der Waals surface area (Å²) in [6.07, 6.45) is 1.38. The Labute approximate surface area is 117 Å². The lowest BCUT2D eigenvalue weighted by molar-refractivity contribution is 0.250. The van der Waals surface area contributed by atoms with E-state index in [2.05, 4.69) is 15.8 Å². The molecule has 0 aliphatic heterocycles. The molecule has 7 heteroatoms. The van der Waals surface area contributed by atoms with Gasteiger partial charge in [-0.05, 0) is 30.7 Å². The van der Waals surface area contributed by atoms with E-state index >= 15 is 0 Å². The lowest BCUT2D eigenvalue weighted by Crippen LogP contribution is -2.46. The monoisotopic (exact) mass is 280 g/mol. The molecule has 0 heterocycles. The number of nitrogens with zero attached hydrogens (tertiary/aromatic N) is 1. The van der Waals surface area contributed by atoms with E-state index < -0.39 is 12.1 Å². The molecule has 0 fully saturated rings. The number of amidine groups is 1. The quantitative estimate of drug-likeness (QED) is 0.275. The van der Waals surface area contributed by atoms with E-state index in [0.29, 0.717) is 17.9 Å². The zero-order chi connectivity index (χ0) is 15.0. The number of oxime groups is 1. The summed E-state index contributed by atoms with van der Waals surface area (Å²) in [5.74, 6) is 0.688. The van der Waals surface area contributed by atoms with Gasteiger partial charge in [0.1, 0.15) is 5.75 Å². The van der Waals surface area contributed by atoms with Crippen LogP contribution in [0.2, 0.25) is 0 Å². The van der Waals surface area contributed by atoms with Gasteiger partial charge in [0.15, 0.2) is 5.84 Å². The SMILES string of the molecule is CCCC(NC(=O)Nc1ccc(OC)cc1)/C(N)=N/O. The van der Waals surface area contributed by atoms with Gasteiger partial charge in [-0.15, -0.1) is 0 Å². The molecule has 0 bridgehead atoms. The van der Waals surface area contributed by atoms with E-state index in [4.69, 9.17) is 15.7 Å². The molecule has 1 rings (SSSR count). The van der Waals surface area contributed by atoms with E-state index in [9.17, 15) is 4.79 Å². The van der Waals surface area contributed by atoms with Crippen LogP contribution in [0.25, 0.3) is 0 Å². The summed E-state index contributed by atoms with van der Waals surface area (Å²) in [5.41, 5.74) is 6.15. The molecule has 0 saturated heterocycles. The van der Waals surface area contributed by atoms with E-state index in [1.165, 1.54) is 0 Å². The van der Waals surface area contributed by atoms with E-state index in [1.54, 1.807) is 31.4 Å². The first kappa shape index (κ1) is 15.6. The second-order valence-electron chi connectivity index (χ2n) is 4.19. The van der Waals surface area contributed by atoms with Crippen molar-refractivity contribution < 1.29 is 14.7 Å². The lowest BCUT2D eigenvalue weighted by atomic mass is 10.1. The van der Waals surface area contributed by atoms with Crippen LogP contribution in [-0.4, -0.2) is 30.2 Å². The second-order valence-corrected chi connectivity index (χ2v) is 4.19. The van der Waals surface area contributed by atoms with Gasteiger partial charge in [0.05, 0.1) is 13.2 Å². The summed E-state index contributed by atoms with van der Waals surface area (Å²) in [6, 6.07) is 6.00. The second kappa shape index (κ2) is 7.88. The predicted octanol–water partition coefficient (Wildman–Crippen LogP) is 1.73. The predicted molar refractivity (Wildman–Crippen MR) is 77.3 cm³/mol. The van der Waals surface area contributed by atoms with Crippen molar-refractivity contribution in [2.75, 3.05) is 12.4 Å². The van der Waals surface area contributed by atoms with Crippen LogP contribution in [0.15, 0.2) is 29.4 Å². The Morgan fingerprint density at radius 2 is 2.10 bits per heavy atom. The Morgan fingerprint density at radius 1 is 1.45 bits per heavy atom. The molecule has 2 amide bonds. The highest BCUT2D eigenvalue weighted by Gasteiger charge is 2.15. The lowest BCUT2D eigenvalue weighted by Gasteiger charge is -2.17. The van der Waals surface area contributed by atoms with Crippen molar-refractivity contribution in [2.24, 2.45) is 10.9 Å². The molecular formula is C13H20N4O3. The Balaban J connectivity index is 2.60. The fraction of sp³-hybridized carbons (Fsp3) is 0.385. The van der Waals surface area contributed by atoms with E-state index in [0.717, 1.165) is 6.42 Å². The highest BCUT2D eigenvalue weighted by atomic mass is 16.5. The highest BCUT2D eigenvalue weighted by Crippen LogP contribution is 2.14. The van der Waals surface area contributed by atoms with Crippen LogP contribution in [0.5, 0.6) is 5.75 Å². The third kappa shape index (κ3) is 4.68. The van der Waals surface area contributed by atoms with Gasteiger partial charge in [0.2, 0.25) is 0 Å². The summed E-state index contributed by atoms with van der Waals surface area (Å²) in [5, 5.41) is 16.9. The van der Waals surface area contributed by atoms with Crippen molar-refractivity contribution >= 4 is 17.6 Å². The maximum Gasteiger partial charge on any atom is 0.319 e. The molecule has 7 nitrogen and oxygen atoms in total. The number of carbonyl (C=O) groups is 1. The van der Waals surface area contributed by atoms with Gasteiger partial charge in [-0.1, -0.05) is 18.5 Å². The summed E-state index contributed by atoms with van der Waals surface area (Å²) in [6.45, 7) is 1.95. The number of ether oxygens (including phenoxy) is 1. The number of hydrogen-bond donors (Lipinski definition) is 4. The number of rotatable bonds is 6. The Morgan fingerprint density at radius 3 is 2.60 bits per heavy atom. The van der Waals surface area contributed by atoms with E-state index in [-0.39, 0.29) is 5.84 Å². The number of anilines is 1. The summed E-state index contributed by atoms with van der Waals surface area (Å²) >= 11 is 0. The van der Waals surface area contributed by atoms with Crippen LogP contribution in [-0.2, 0) is 0 Å². The molecule has 1 aromatic carbocycles. The number of nitrogens with one attached hydrogen (secondary N) is 2. The largest absolute Gasteiger partial charge is 0.497 e. The fourth-order valence-electron chi connectivity index (χ4n) is 1.65. The number of nitrogens with two attached hydrogens (primary N) is 1. The molecule has 0 aliphatic carbocycles. The highest BCUT2D eigenvalue weighted by molar-refractivity contribution is 5.94.